The summed E-state index contributed by atoms with van der Waals surface area (Å²) in [5, 5.41) is 17.0. The predicted molar refractivity (Wildman–Crippen MR) is 125 cm³/mol. The molecule has 0 aliphatic heterocycles. The number of aliphatic hydroxyl groups is 1. The molecular weight excluding hydrogens is 392 g/mol. The van der Waals surface area contributed by atoms with Crippen LogP contribution in [0.15, 0.2) is 47.6 Å². The van der Waals surface area contributed by atoms with Crippen LogP contribution in [0.3, 0.4) is 0 Å². The van der Waals surface area contributed by atoms with Gasteiger partial charge in [0.15, 0.2) is 17.5 Å². The molecule has 0 fully saturated rings. The molecule has 2 aromatic carbocycles. The number of nitrogens with one attached hydrogen (secondary N) is 3. The Morgan fingerprint density at radius 2 is 2.03 bits per heavy atom. The van der Waals surface area contributed by atoms with Crippen LogP contribution in [-0.4, -0.2) is 49.5 Å². The number of benzene rings is 2. The van der Waals surface area contributed by atoms with Gasteiger partial charge in [-0.1, -0.05) is 18.2 Å². The fraction of sp³-hybridized carbons (Fsp3) is 0.375. The highest BCUT2D eigenvalue weighted by Gasteiger charge is 2.08. The van der Waals surface area contributed by atoms with Crippen molar-refractivity contribution in [2.45, 2.75) is 26.8 Å². The normalized spacial score (nSPS) is 11.5. The number of guanidine groups is 1. The summed E-state index contributed by atoms with van der Waals surface area (Å²) in [6.07, 6.45) is 3.00. The number of aryl methyl sites for hydroxylation is 1. The van der Waals surface area contributed by atoms with E-state index in [9.17, 15) is 0 Å². The first kappa shape index (κ1) is 22.5. The fourth-order valence-electron chi connectivity index (χ4n) is 3.56. The molecule has 0 radical (unpaired) electrons. The second-order valence-electron chi connectivity index (χ2n) is 7.24. The number of hydrogen-bond acceptors (Lipinski definition) is 4. The van der Waals surface area contributed by atoms with Crippen molar-refractivity contribution in [3.05, 3.63) is 59.3 Å². The zero-order valence-corrected chi connectivity index (χ0v) is 18.5. The van der Waals surface area contributed by atoms with Gasteiger partial charge < -0.3 is 30.2 Å². The van der Waals surface area contributed by atoms with Crippen molar-refractivity contribution in [3.63, 3.8) is 0 Å². The molecule has 31 heavy (non-hydrogen) atoms. The molecule has 0 saturated carbocycles. The van der Waals surface area contributed by atoms with E-state index in [4.69, 9.17) is 19.6 Å². The van der Waals surface area contributed by atoms with Crippen LogP contribution in [0.2, 0.25) is 0 Å². The Morgan fingerprint density at radius 3 is 2.81 bits per heavy atom. The van der Waals surface area contributed by atoms with Crippen LogP contribution >= 0.6 is 0 Å². The van der Waals surface area contributed by atoms with E-state index in [1.807, 2.05) is 18.2 Å². The minimum atomic E-state index is -0.0367. The first-order valence-electron chi connectivity index (χ1n) is 10.6. The summed E-state index contributed by atoms with van der Waals surface area (Å²) in [6.45, 7) is 6.48. The van der Waals surface area contributed by atoms with E-state index in [-0.39, 0.29) is 13.2 Å². The van der Waals surface area contributed by atoms with E-state index < -0.39 is 0 Å². The number of fused-ring (bicyclic) bond motifs is 1. The van der Waals surface area contributed by atoms with Crippen LogP contribution in [0.1, 0.15) is 23.6 Å². The van der Waals surface area contributed by atoms with Gasteiger partial charge in [0.05, 0.1) is 20.3 Å². The van der Waals surface area contributed by atoms with Crippen molar-refractivity contribution in [3.8, 4) is 11.5 Å². The highest BCUT2D eigenvalue weighted by atomic mass is 16.5. The molecule has 3 rings (SSSR count). The van der Waals surface area contributed by atoms with Crippen molar-refractivity contribution in [2.75, 3.05) is 33.4 Å². The number of hydrogen-bond donors (Lipinski definition) is 4. The average Bonchev–Trinajstić information content (AvgIpc) is 3.20. The van der Waals surface area contributed by atoms with Crippen LogP contribution in [0.5, 0.6) is 11.5 Å². The van der Waals surface area contributed by atoms with Gasteiger partial charge in [-0.2, -0.15) is 0 Å². The van der Waals surface area contributed by atoms with Crippen LogP contribution in [0.25, 0.3) is 10.9 Å². The zero-order valence-electron chi connectivity index (χ0n) is 18.5. The highest BCUT2D eigenvalue weighted by Crippen LogP contribution is 2.28. The molecule has 0 atom stereocenters. The SMILES string of the molecule is CCNC(=NCc1ccc(OCCO)c(OC)c1)NCCc1c[nH]c2cccc(C)c12. The molecule has 0 spiro atoms. The Balaban J connectivity index is 1.62. The van der Waals surface area contributed by atoms with Crippen LogP contribution in [0, 0.1) is 6.92 Å². The topological polar surface area (TPSA) is 90.9 Å². The number of H-pyrrole nitrogens is 1. The van der Waals surface area contributed by atoms with Crippen LogP contribution in [-0.2, 0) is 13.0 Å². The third-order valence-corrected chi connectivity index (χ3v) is 5.02. The standard InChI is InChI=1S/C24H32N4O3/c1-4-25-24(26-11-10-19-16-27-20-7-5-6-17(2)23(19)20)28-15-18-8-9-21(31-13-12-29)22(14-18)30-3/h5-9,14,16,27,29H,4,10-13,15H2,1-3H3,(H2,25,26,28). The number of aromatic amines is 1. The smallest absolute Gasteiger partial charge is 0.191 e. The summed E-state index contributed by atoms with van der Waals surface area (Å²) in [7, 11) is 1.60. The summed E-state index contributed by atoms with van der Waals surface area (Å²) in [5.74, 6) is 2.02. The zero-order chi connectivity index (χ0) is 22.1. The molecule has 166 valence electrons. The number of nitrogens with zero attached hydrogens (tertiary/aromatic N) is 1. The Labute approximate surface area is 183 Å². The van der Waals surface area contributed by atoms with Crippen molar-refractivity contribution < 1.29 is 14.6 Å². The van der Waals surface area contributed by atoms with Gasteiger partial charge in [0.1, 0.15) is 6.61 Å². The van der Waals surface area contributed by atoms with Gasteiger partial charge in [0, 0.05) is 30.2 Å². The third-order valence-electron chi connectivity index (χ3n) is 5.02. The summed E-state index contributed by atoms with van der Waals surface area (Å²) in [5.41, 5.74) is 4.78. The van der Waals surface area contributed by atoms with E-state index in [1.165, 1.54) is 22.0 Å². The average molecular weight is 425 g/mol. The Morgan fingerprint density at radius 1 is 1.16 bits per heavy atom. The van der Waals surface area contributed by atoms with E-state index in [0.717, 1.165) is 31.0 Å². The van der Waals surface area contributed by atoms with Gasteiger partial charge in [-0.3, -0.25) is 0 Å². The van der Waals surface area contributed by atoms with Crippen molar-refractivity contribution >= 4 is 16.9 Å². The molecule has 3 aromatic rings. The minimum Gasteiger partial charge on any atom is -0.493 e. The molecule has 4 N–H and O–H groups in total. The number of aliphatic hydroxyl groups excluding tert-OH is 1. The van der Waals surface area contributed by atoms with Gasteiger partial charge in [0.2, 0.25) is 0 Å². The van der Waals surface area contributed by atoms with Crippen LogP contribution < -0.4 is 20.1 Å². The van der Waals surface area contributed by atoms with E-state index in [0.29, 0.717) is 18.0 Å². The summed E-state index contributed by atoms with van der Waals surface area (Å²) in [6, 6.07) is 12.0. The van der Waals surface area contributed by atoms with Gasteiger partial charge in [0.25, 0.3) is 0 Å². The first-order chi connectivity index (χ1) is 15.2. The fourth-order valence-corrected chi connectivity index (χ4v) is 3.56. The quantitative estimate of drug-likeness (QED) is 0.297. The second-order valence-corrected chi connectivity index (χ2v) is 7.24. The number of rotatable bonds is 10. The molecular formula is C24H32N4O3. The van der Waals surface area contributed by atoms with Crippen molar-refractivity contribution in [1.82, 2.24) is 15.6 Å². The Kier molecular flexibility index (Phi) is 8.18. The highest BCUT2D eigenvalue weighted by molar-refractivity contribution is 5.86. The van der Waals surface area contributed by atoms with Gasteiger partial charge in [-0.15, -0.1) is 0 Å². The maximum Gasteiger partial charge on any atom is 0.191 e. The molecule has 7 nitrogen and oxygen atoms in total. The van der Waals surface area contributed by atoms with Crippen molar-refractivity contribution in [2.24, 2.45) is 4.99 Å². The lowest BCUT2D eigenvalue weighted by atomic mass is 10.1. The molecule has 1 aromatic heterocycles. The molecule has 0 aliphatic carbocycles. The lowest BCUT2D eigenvalue weighted by Gasteiger charge is -2.13. The molecule has 7 heteroatoms. The minimum absolute atomic E-state index is 0.0367. The predicted octanol–water partition coefficient (Wildman–Crippen LogP) is 3.15. The third kappa shape index (κ3) is 5.92. The van der Waals surface area contributed by atoms with E-state index >= 15 is 0 Å². The monoisotopic (exact) mass is 424 g/mol. The van der Waals surface area contributed by atoms with Gasteiger partial charge >= 0.3 is 0 Å². The van der Waals surface area contributed by atoms with Crippen LogP contribution in [0.4, 0.5) is 0 Å². The molecule has 0 bridgehead atoms. The number of aliphatic imine (C=N–C) groups is 1. The summed E-state index contributed by atoms with van der Waals surface area (Å²) in [4.78, 5) is 8.06. The molecule has 0 amide bonds. The first-order valence-corrected chi connectivity index (χ1v) is 10.6. The lowest BCUT2D eigenvalue weighted by Crippen LogP contribution is -2.38. The Hall–Kier alpha value is -3.19. The van der Waals surface area contributed by atoms with Crippen molar-refractivity contribution in [1.29, 1.82) is 0 Å². The summed E-state index contributed by atoms with van der Waals surface area (Å²) < 4.78 is 10.9. The summed E-state index contributed by atoms with van der Waals surface area (Å²) >= 11 is 0. The number of ether oxygens (including phenoxy) is 2. The maximum atomic E-state index is 8.94. The molecule has 0 saturated heterocycles. The second kappa shape index (κ2) is 11.3. The number of methoxy groups -OCH3 is 1. The largest absolute Gasteiger partial charge is 0.493 e. The van der Waals surface area contributed by atoms with Gasteiger partial charge in [-0.25, -0.2) is 4.99 Å². The Bertz CT molecular complexity index is 1010. The molecule has 1 heterocycles. The molecule has 0 unspecified atom stereocenters. The van der Waals surface area contributed by atoms with E-state index in [2.05, 4.69) is 53.9 Å². The molecule has 0 aliphatic rings. The maximum absolute atomic E-state index is 8.94. The lowest BCUT2D eigenvalue weighted by molar-refractivity contribution is 0.196. The van der Waals surface area contributed by atoms with Gasteiger partial charge in [-0.05, 0) is 55.2 Å². The van der Waals surface area contributed by atoms with E-state index in [1.54, 1.807) is 7.11 Å². The number of aromatic nitrogens is 1.